The number of carbonyl (C=O) groups is 2. The van der Waals surface area contributed by atoms with Crippen LogP contribution >= 0.6 is 0 Å². The van der Waals surface area contributed by atoms with E-state index >= 15 is 0 Å². The summed E-state index contributed by atoms with van der Waals surface area (Å²) in [5.74, 6) is -1.01. The number of carbonyl (C=O) groups excluding carboxylic acids is 1. The van der Waals surface area contributed by atoms with Crippen molar-refractivity contribution >= 4 is 17.6 Å². The summed E-state index contributed by atoms with van der Waals surface area (Å²) >= 11 is 0. The zero-order chi connectivity index (χ0) is 16.1. The fraction of sp³-hybridized carbons (Fsp3) is 0.500. The second-order valence-corrected chi connectivity index (χ2v) is 5.48. The Balaban J connectivity index is 2.19. The van der Waals surface area contributed by atoms with Gasteiger partial charge in [0.15, 0.2) is 0 Å². The van der Waals surface area contributed by atoms with E-state index in [4.69, 9.17) is 9.84 Å². The van der Waals surface area contributed by atoms with Crippen LogP contribution in [0.4, 0.5) is 5.69 Å². The molecular weight excluding hydrogens is 284 g/mol. The number of para-hydroxylation sites is 1. The molecule has 0 unspecified atom stereocenters. The highest BCUT2D eigenvalue weighted by Gasteiger charge is 2.23. The van der Waals surface area contributed by atoms with Gasteiger partial charge in [-0.2, -0.15) is 0 Å². The third-order valence-electron chi connectivity index (χ3n) is 3.77. The zero-order valence-corrected chi connectivity index (χ0v) is 13.0. The van der Waals surface area contributed by atoms with Crippen LogP contribution in [0.15, 0.2) is 18.2 Å². The van der Waals surface area contributed by atoms with Crippen molar-refractivity contribution in [2.24, 2.45) is 0 Å². The molecule has 22 heavy (non-hydrogen) atoms. The van der Waals surface area contributed by atoms with Crippen molar-refractivity contribution in [1.29, 1.82) is 0 Å². The molecule has 1 amide bonds. The Labute approximate surface area is 130 Å². The molecule has 1 aromatic rings. The first kappa shape index (κ1) is 16.3. The Kier molecular flexibility index (Phi) is 5.38. The van der Waals surface area contributed by atoms with Gasteiger partial charge < -0.3 is 19.6 Å². The number of rotatable bonds is 5. The summed E-state index contributed by atoms with van der Waals surface area (Å²) in [6.07, 6.45) is 0. The molecule has 0 saturated carbocycles. The molecule has 2 rings (SSSR count). The topological polar surface area (TPSA) is 70.1 Å². The van der Waals surface area contributed by atoms with Gasteiger partial charge in [-0.05, 0) is 25.0 Å². The molecule has 120 valence electrons. The van der Waals surface area contributed by atoms with E-state index in [1.807, 2.05) is 32.0 Å². The number of benzene rings is 1. The maximum Gasteiger partial charge on any atom is 0.323 e. The van der Waals surface area contributed by atoms with Crippen LogP contribution in [0.3, 0.4) is 0 Å². The second kappa shape index (κ2) is 7.26. The van der Waals surface area contributed by atoms with Gasteiger partial charge in [0.1, 0.15) is 6.54 Å². The van der Waals surface area contributed by atoms with Gasteiger partial charge in [-0.3, -0.25) is 9.59 Å². The van der Waals surface area contributed by atoms with Gasteiger partial charge in [0.05, 0.1) is 19.8 Å². The summed E-state index contributed by atoms with van der Waals surface area (Å²) < 4.78 is 5.24. The monoisotopic (exact) mass is 306 g/mol. The van der Waals surface area contributed by atoms with Crippen LogP contribution in [0.5, 0.6) is 0 Å². The van der Waals surface area contributed by atoms with Crippen LogP contribution in [0.1, 0.15) is 11.1 Å². The van der Waals surface area contributed by atoms with Crippen LogP contribution in [0, 0.1) is 13.8 Å². The lowest BCUT2D eigenvalue weighted by atomic mass is 10.1. The van der Waals surface area contributed by atoms with Crippen molar-refractivity contribution in [3.63, 3.8) is 0 Å². The van der Waals surface area contributed by atoms with Crippen molar-refractivity contribution in [1.82, 2.24) is 4.90 Å². The molecule has 1 fully saturated rings. The number of amides is 1. The summed E-state index contributed by atoms with van der Waals surface area (Å²) in [6, 6.07) is 5.78. The molecule has 0 atom stereocenters. The van der Waals surface area contributed by atoms with E-state index in [2.05, 4.69) is 0 Å². The Morgan fingerprint density at radius 1 is 1.18 bits per heavy atom. The average Bonchev–Trinajstić information content (AvgIpc) is 2.47. The van der Waals surface area contributed by atoms with Crippen LogP contribution in [0.2, 0.25) is 0 Å². The van der Waals surface area contributed by atoms with E-state index in [-0.39, 0.29) is 19.0 Å². The lowest BCUT2D eigenvalue weighted by Crippen LogP contribution is -2.47. The number of aryl methyl sites for hydroxylation is 2. The summed E-state index contributed by atoms with van der Waals surface area (Å²) in [5.41, 5.74) is 2.76. The Morgan fingerprint density at radius 2 is 1.77 bits per heavy atom. The number of aliphatic carboxylic acids is 1. The van der Waals surface area contributed by atoms with Crippen molar-refractivity contribution in [3.05, 3.63) is 29.3 Å². The maximum absolute atomic E-state index is 12.4. The van der Waals surface area contributed by atoms with Gasteiger partial charge >= 0.3 is 5.97 Å². The number of ether oxygens (including phenoxy) is 1. The number of nitrogens with zero attached hydrogens (tertiary/aromatic N) is 2. The smallest absolute Gasteiger partial charge is 0.323 e. The first-order valence-corrected chi connectivity index (χ1v) is 7.37. The van der Waals surface area contributed by atoms with Crippen molar-refractivity contribution < 1.29 is 19.4 Å². The van der Waals surface area contributed by atoms with E-state index in [1.54, 1.807) is 9.80 Å². The number of morpholine rings is 1. The number of hydrogen-bond donors (Lipinski definition) is 1. The third-order valence-corrected chi connectivity index (χ3v) is 3.77. The summed E-state index contributed by atoms with van der Waals surface area (Å²) in [4.78, 5) is 27.0. The van der Waals surface area contributed by atoms with Crippen LogP contribution < -0.4 is 4.90 Å². The molecule has 1 saturated heterocycles. The minimum absolute atomic E-state index is 0.0628. The highest BCUT2D eigenvalue weighted by atomic mass is 16.5. The number of carboxylic acid groups (broad SMARTS) is 1. The van der Waals surface area contributed by atoms with E-state index in [9.17, 15) is 9.59 Å². The fourth-order valence-electron chi connectivity index (χ4n) is 2.76. The minimum atomic E-state index is -0.947. The van der Waals surface area contributed by atoms with Crippen LogP contribution in [-0.4, -0.2) is 61.3 Å². The second-order valence-electron chi connectivity index (χ2n) is 5.48. The Morgan fingerprint density at radius 3 is 2.32 bits per heavy atom. The maximum atomic E-state index is 12.4. The highest BCUT2D eigenvalue weighted by molar-refractivity contribution is 5.85. The lowest BCUT2D eigenvalue weighted by Gasteiger charge is -2.31. The zero-order valence-electron chi connectivity index (χ0n) is 13.0. The van der Waals surface area contributed by atoms with Gasteiger partial charge in [0.25, 0.3) is 0 Å². The first-order valence-electron chi connectivity index (χ1n) is 7.37. The fourth-order valence-corrected chi connectivity index (χ4v) is 2.76. The minimum Gasteiger partial charge on any atom is -0.480 e. The number of hydrogen-bond acceptors (Lipinski definition) is 4. The molecule has 1 aromatic carbocycles. The molecule has 0 bridgehead atoms. The number of anilines is 1. The molecule has 6 nitrogen and oxygen atoms in total. The molecule has 1 aliphatic rings. The number of carboxylic acids is 1. The molecule has 0 spiro atoms. The summed E-state index contributed by atoms with van der Waals surface area (Å²) in [6.45, 7) is 5.92. The van der Waals surface area contributed by atoms with Crippen molar-refractivity contribution in [2.45, 2.75) is 13.8 Å². The molecule has 1 heterocycles. The highest BCUT2D eigenvalue weighted by Crippen LogP contribution is 2.24. The van der Waals surface area contributed by atoms with E-state index in [1.165, 1.54) is 0 Å². The van der Waals surface area contributed by atoms with Crippen LogP contribution in [0.25, 0.3) is 0 Å². The van der Waals surface area contributed by atoms with E-state index in [0.29, 0.717) is 26.3 Å². The largest absolute Gasteiger partial charge is 0.480 e. The SMILES string of the molecule is Cc1cccc(C)c1N(CC(=O)O)CC(=O)N1CCOCC1. The molecule has 1 aliphatic heterocycles. The van der Waals surface area contributed by atoms with E-state index in [0.717, 1.165) is 16.8 Å². The standard InChI is InChI=1S/C16H22N2O4/c1-12-4-3-5-13(2)16(12)18(11-15(20)21)10-14(19)17-6-8-22-9-7-17/h3-5H,6-11H2,1-2H3,(H,20,21). The molecule has 0 radical (unpaired) electrons. The van der Waals surface area contributed by atoms with Gasteiger partial charge in [-0.25, -0.2) is 0 Å². The van der Waals surface area contributed by atoms with Crippen molar-refractivity contribution in [2.75, 3.05) is 44.3 Å². The molecule has 1 N–H and O–H groups in total. The van der Waals surface area contributed by atoms with Gasteiger partial charge in [-0.15, -0.1) is 0 Å². The molecular formula is C16H22N2O4. The van der Waals surface area contributed by atoms with Crippen LogP contribution in [-0.2, 0) is 14.3 Å². The summed E-state index contributed by atoms with van der Waals surface area (Å²) in [5, 5.41) is 9.16. The van der Waals surface area contributed by atoms with Gasteiger partial charge in [0, 0.05) is 18.8 Å². The lowest BCUT2D eigenvalue weighted by molar-refractivity contribution is -0.135. The quantitative estimate of drug-likeness (QED) is 0.880. The average molecular weight is 306 g/mol. The van der Waals surface area contributed by atoms with Gasteiger partial charge in [-0.1, -0.05) is 18.2 Å². The normalized spacial score (nSPS) is 14.7. The first-order chi connectivity index (χ1) is 10.5. The Hall–Kier alpha value is -2.08. The molecule has 6 heteroatoms. The summed E-state index contributed by atoms with van der Waals surface area (Å²) in [7, 11) is 0. The molecule has 0 aromatic heterocycles. The predicted molar refractivity (Wildman–Crippen MR) is 83.2 cm³/mol. The van der Waals surface area contributed by atoms with E-state index < -0.39 is 5.97 Å². The molecule has 0 aliphatic carbocycles. The Bertz CT molecular complexity index is 533. The predicted octanol–water partition coefficient (Wildman–Crippen LogP) is 1.05. The van der Waals surface area contributed by atoms with Crippen molar-refractivity contribution in [3.8, 4) is 0 Å². The van der Waals surface area contributed by atoms with Gasteiger partial charge in [0.2, 0.25) is 5.91 Å². The third kappa shape index (κ3) is 3.98.